The van der Waals surface area contributed by atoms with E-state index in [1.165, 1.54) is 0 Å². The monoisotopic (exact) mass is 514 g/mol. The summed E-state index contributed by atoms with van der Waals surface area (Å²) in [6.07, 6.45) is 0. The van der Waals surface area contributed by atoms with E-state index >= 15 is 0 Å². The molecule has 0 aromatic heterocycles. The van der Waals surface area contributed by atoms with Gasteiger partial charge in [0.1, 0.15) is 6.54 Å². The molecule has 0 heterocycles. The molecule has 3 aromatic rings. The van der Waals surface area contributed by atoms with E-state index in [0.29, 0.717) is 5.69 Å². The number of sulfonamides is 1. The second-order valence-electron chi connectivity index (χ2n) is 7.95. The number of hydrogen-bond donors (Lipinski definition) is 1. The van der Waals surface area contributed by atoms with Gasteiger partial charge in [0.15, 0.2) is 0 Å². The maximum absolute atomic E-state index is 13.4. The third-order valence-corrected chi connectivity index (χ3v) is 7.60. The topological polar surface area (TPSA) is 66.5 Å². The summed E-state index contributed by atoms with van der Waals surface area (Å²) in [6.45, 7) is 7.49. The van der Waals surface area contributed by atoms with E-state index < -0.39 is 10.0 Å². The van der Waals surface area contributed by atoms with Crippen LogP contribution >= 0.6 is 15.9 Å². The zero-order valence-corrected chi connectivity index (χ0v) is 21.0. The molecular weight excluding hydrogens is 488 g/mol. The number of rotatable bonds is 7. The minimum atomic E-state index is -3.94. The Hall–Kier alpha value is -2.64. The summed E-state index contributed by atoms with van der Waals surface area (Å²) in [5, 5.41) is 2.95. The number of carbonyl (C=O) groups excluding carboxylic acids is 1. The number of aryl methyl sites for hydroxylation is 3. The Balaban J connectivity index is 1.89. The molecule has 0 fully saturated rings. The van der Waals surface area contributed by atoms with E-state index in [0.717, 1.165) is 31.0 Å². The normalized spacial score (nSPS) is 12.3. The first-order chi connectivity index (χ1) is 15.1. The van der Waals surface area contributed by atoms with Crippen LogP contribution in [0.5, 0.6) is 0 Å². The van der Waals surface area contributed by atoms with Gasteiger partial charge in [-0.3, -0.25) is 9.10 Å². The molecule has 3 rings (SSSR count). The molecule has 0 spiro atoms. The Labute approximate surface area is 198 Å². The van der Waals surface area contributed by atoms with Crippen LogP contribution in [0.1, 0.15) is 35.2 Å². The van der Waals surface area contributed by atoms with Crippen molar-refractivity contribution in [1.29, 1.82) is 0 Å². The minimum absolute atomic E-state index is 0.140. The summed E-state index contributed by atoms with van der Waals surface area (Å²) in [5.74, 6) is -0.379. The highest BCUT2D eigenvalue weighted by molar-refractivity contribution is 9.10. The fraction of sp³-hybridized carbons (Fsp3) is 0.240. The van der Waals surface area contributed by atoms with Crippen molar-refractivity contribution >= 4 is 37.5 Å². The van der Waals surface area contributed by atoms with Gasteiger partial charge < -0.3 is 5.32 Å². The van der Waals surface area contributed by atoms with Gasteiger partial charge in [0.25, 0.3) is 10.0 Å². The van der Waals surface area contributed by atoms with Gasteiger partial charge in [-0.15, -0.1) is 0 Å². The van der Waals surface area contributed by atoms with Gasteiger partial charge in [-0.05, 0) is 75.2 Å². The van der Waals surface area contributed by atoms with Gasteiger partial charge in [-0.1, -0.05) is 57.4 Å². The molecule has 0 bridgehead atoms. The van der Waals surface area contributed by atoms with Crippen molar-refractivity contribution in [3.8, 4) is 0 Å². The Morgan fingerprint density at radius 2 is 1.53 bits per heavy atom. The first-order valence-corrected chi connectivity index (χ1v) is 12.5. The Bertz CT molecular complexity index is 1210. The molecule has 1 amide bonds. The molecule has 0 aliphatic rings. The Morgan fingerprint density at radius 1 is 0.938 bits per heavy atom. The molecule has 0 saturated carbocycles. The van der Waals surface area contributed by atoms with E-state index in [9.17, 15) is 13.2 Å². The lowest BCUT2D eigenvalue weighted by molar-refractivity contribution is -0.120. The number of hydrogen-bond acceptors (Lipinski definition) is 3. The number of nitrogens with zero attached hydrogens (tertiary/aromatic N) is 1. The quantitative estimate of drug-likeness (QED) is 0.455. The van der Waals surface area contributed by atoms with Crippen LogP contribution in [0.15, 0.2) is 76.1 Å². The first kappa shape index (κ1) is 24.0. The first-order valence-electron chi connectivity index (χ1n) is 10.3. The maximum Gasteiger partial charge on any atom is 0.264 e. The smallest absolute Gasteiger partial charge is 0.264 e. The lowest BCUT2D eigenvalue weighted by atomic mass is 10.0. The molecule has 0 unspecified atom stereocenters. The molecule has 0 radical (unpaired) electrons. The third-order valence-electron chi connectivity index (χ3n) is 5.28. The van der Waals surface area contributed by atoms with Crippen molar-refractivity contribution in [2.24, 2.45) is 0 Å². The molecule has 5 nitrogen and oxygen atoms in total. The molecule has 0 aliphatic heterocycles. The largest absolute Gasteiger partial charge is 0.348 e. The molecule has 0 saturated heterocycles. The molecular formula is C25H27BrN2O3S. The van der Waals surface area contributed by atoms with E-state index in [4.69, 9.17) is 0 Å². The summed E-state index contributed by atoms with van der Waals surface area (Å²) >= 11 is 3.37. The number of benzene rings is 3. The second-order valence-corrected chi connectivity index (χ2v) is 10.7. The zero-order chi connectivity index (χ0) is 23.5. The molecule has 1 N–H and O–H groups in total. The number of halogens is 1. The standard InChI is InChI=1S/C25H27BrN2O3S/c1-17-5-12-23(13-6-17)32(30,31)28(22-10-8-21(26)9-11-22)16-25(29)27-20(4)24-14-7-18(2)15-19(24)3/h5-15,20H,16H2,1-4H3,(H,27,29)/t20-/m0/s1. The molecule has 32 heavy (non-hydrogen) atoms. The fourth-order valence-electron chi connectivity index (χ4n) is 3.57. The minimum Gasteiger partial charge on any atom is -0.348 e. The van der Waals surface area contributed by atoms with Crippen LogP contribution in [0, 0.1) is 20.8 Å². The Morgan fingerprint density at radius 3 is 2.12 bits per heavy atom. The summed E-state index contributed by atoms with van der Waals surface area (Å²) in [6, 6.07) is 19.3. The number of carbonyl (C=O) groups is 1. The summed E-state index contributed by atoms with van der Waals surface area (Å²) in [7, 11) is -3.94. The SMILES string of the molecule is Cc1ccc(S(=O)(=O)N(CC(=O)N[C@@H](C)c2ccc(C)cc2C)c2ccc(Br)cc2)cc1. The van der Waals surface area contributed by atoms with E-state index in [1.807, 2.05) is 39.8 Å². The van der Waals surface area contributed by atoms with Crippen molar-refractivity contribution in [3.05, 3.63) is 93.5 Å². The zero-order valence-electron chi connectivity index (χ0n) is 18.6. The second kappa shape index (κ2) is 9.88. The molecule has 3 aromatic carbocycles. The average molecular weight is 515 g/mol. The van der Waals surface area contributed by atoms with Gasteiger partial charge in [0, 0.05) is 4.47 Å². The van der Waals surface area contributed by atoms with Crippen LogP contribution in [0.25, 0.3) is 0 Å². The van der Waals surface area contributed by atoms with Crippen LogP contribution in [0.4, 0.5) is 5.69 Å². The van der Waals surface area contributed by atoms with Crippen LogP contribution < -0.4 is 9.62 Å². The molecule has 0 aliphatic carbocycles. The summed E-state index contributed by atoms with van der Waals surface area (Å²) in [5.41, 5.74) is 4.60. The van der Waals surface area contributed by atoms with Crippen LogP contribution in [-0.4, -0.2) is 20.9 Å². The summed E-state index contributed by atoms with van der Waals surface area (Å²) < 4.78 is 28.9. The van der Waals surface area contributed by atoms with Gasteiger partial charge in [0.05, 0.1) is 16.6 Å². The highest BCUT2D eigenvalue weighted by Crippen LogP contribution is 2.26. The van der Waals surface area contributed by atoms with E-state index in [1.54, 1.807) is 48.5 Å². The van der Waals surface area contributed by atoms with Crippen molar-refractivity contribution in [1.82, 2.24) is 5.32 Å². The number of amides is 1. The lowest BCUT2D eigenvalue weighted by Gasteiger charge is -2.25. The average Bonchev–Trinajstić information content (AvgIpc) is 2.73. The lowest BCUT2D eigenvalue weighted by Crippen LogP contribution is -2.41. The van der Waals surface area contributed by atoms with Crippen molar-refractivity contribution in [2.75, 3.05) is 10.8 Å². The Kier molecular flexibility index (Phi) is 7.41. The summed E-state index contributed by atoms with van der Waals surface area (Å²) in [4.78, 5) is 13.1. The highest BCUT2D eigenvalue weighted by atomic mass is 79.9. The molecule has 168 valence electrons. The predicted molar refractivity (Wildman–Crippen MR) is 132 cm³/mol. The van der Waals surface area contributed by atoms with Crippen LogP contribution in [0.2, 0.25) is 0 Å². The predicted octanol–water partition coefficient (Wildman–Crippen LogP) is 5.45. The maximum atomic E-state index is 13.4. The van der Waals surface area contributed by atoms with Gasteiger partial charge in [-0.2, -0.15) is 0 Å². The highest BCUT2D eigenvalue weighted by Gasteiger charge is 2.27. The number of anilines is 1. The van der Waals surface area contributed by atoms with Crippen LogP contribution in [0.3, 0.4) is 0 Å². The fourth-order valence-corrected chi connectivity index (χ4v) is 5.25. The molecule has 1 atom stereocenters. The molecule has 7 heteroatoms. The van der Waals surface area contributed by atoms with E-state index in [-0.39, 0.29) is 23.4 Å². The van der Waals surface area contributed by atoms with E-state index in [2.05, 4.69) is 27.3 Å². The van der Waals surface area contributed by atoms with Gasteiger partial charge >= 0.3 is 0 Å². The van der Waals surface area contributed by atoms with Gasteiger partial charge in [-0.25, -0.2) is 8.42 Å². The third kappa shape index (κ3) is 5.58. The van der Waals surface area contributed by atoms with Crippen molar-refractivity contribution in [3.63, 3.8) is 0 Å². The number of nitrogens with one attached hydrogen (secondary N) is 1. The van der Waals surface area contributed by atoms with Crippen LogP contribution in [-0.2, 0) is 14.8 Å². The van der Waals surface area contributed by atoms with Crippen molar-refractivity contribution in [2.45, 2.75) is 38.6 Å². The van der Waals surface area contributed by atoms with Crippen molar-refractivity contribution < 1.29 is 13.2 Å². The van der Waals surface area contributed by atoms with Gasteiger partial charge in [0.2, 0.25) is 5.91 Å².